The van der Waals surface area contributed by atoms with Gasteiger partial charge in [0, 0.05) is 12.2 Å². The highest BCUT2D eigenvalue weighted by Crippen LogP contribution is 2.27. The van der Waals surface area contributed by atoms with Gasteiger partial charge in [0.15, 0.2) is 5.13 Å². The van der Waals surface area contributed by atoms with Crippen molar-refractivity contribution < 1.29 is 0 Å². The van der Waals surface area contributed by atoms with E-state index in [0.29, 0.717) is 0 Å². The molecular formula is C15H16N4S. The lowest BCUT2D eigenvalue weighted by molar-refractivity contribution is 1.14. The molecule has 4 nitrogen and oxygen atoms in total. The van der Waals surface area contributed by atoms with Crippen molar-refractivity contribution in [3.05, 3.63) is 53.6 Å². The third kappa shape index (κ3) is 2.74. The number of anilines is 2. The fraction of sp³-hybridized carbons (Fsp3) is 0.133. The summed E-state index contributed by atoms with van der Waals surface area (Å²) < 4.78 is 1.12. The maximum atomic E-state index is 5.38. The van der Waals surface area contributed by atoms with Crippen LogP contribution in [0.2, 0.25) is 0 Å². The van der Waals surface area contributed by atoms with Gasteiger partial charge in [0.1, 0.15) is 0 Å². The Kier molecular flexibility index (Phi) is 3.54. The molecule has 0 fully saturated rings. The van der Waals surface area contributed by atoms with Crippen molar-refractivity contribution in [3.8, 4) is 0 Å². The zero-order valence-electron chi connectivity index (χ0n) is 11.2. The first-order valence-corrected chi connectivity index (χ1v) is 7.23. The van der Waals surface area contributed by atoms with E-state index in [2.05, 4.69) is 53.0 Å². The average molecular weight is 284 g/mol. The van der Waals surface area contributed by atoms with Crippen LogP contribution in [0.5, 0.6) is 0 Å². The number of hydrogen-bond donors (Lipinski definition) is 3. The van der Waals surface area contributed by atoms with Crippen molar-refractivity contribution >= 4 is 32.4 Å². The Morgan fingerprint density at radius 3 is 2.90 bits per heavy atom. The first-order valence-electron chi connectivity index (χ1n) is 6.41. The summed E-state index contributed by atoms with van der Waals surface area (Å²) in [5, 5.41) is 4.17. The lowest BCUT2D eigenvalue weighted by Crippen LogP contribution is -2.05. The summed E-state index contributed by atoms with van der Waals surface area (Å²) in [5.74, 6) is 5.38. The highest BCUT2D eigenvalue weighted by atomic mass is 32.1. The molecule has 0 saturated carbocycles. The van der Waals surface area contributed by atoms with Crippen LogP contribution in [0.3, 0.4) is 0 Å². The van der Waals surface area contributed by atoms with Gasteiger partial charge in [-0.1, -0.05) is 41.2 Å². The number of nitrogen functional groups attached to an aromatic ring is 1. The van der Waals surface area contributed by atoms with E-state index in [4.69, 9.17) is 5.84 Å². The Morgan fingerprint density at radius 2 is 2.10 bits per heavy atom. The van der Waals surface area contributed by atoms with Crippen LogP contribution in [0.25, 0.3) is 10.2 Å². The first-order chi connectivity index (χ1) is 9.74. The van der Waals surface area contributed by atoms with E-state index in [9.17, 15) is 0 Å². The van der Waals surface area contributed by atoms with Gasteiger partial charge in [0.05, 0.1) is 10.2 Å². The predicted molar refractivity (Wildman–Crippen MR) is 85.9 cm³/mol. The summed E-state index contributed by atoms with van der Waals surface area (Å²) in [6.45, 7) is 2.92. The van der Waals surface area contributed by atoms with E-state index < -0.39 is 0 Å². The third-order valence-electron chi connectivity index (χ3n) is 3.09. The van der Waals surface area contributed by atoms with Crippen LogP contribution in [0.15, 0.2) is 42.5 Å². The third-order valence-corrected chi connectivity index (χ3v) is 4.04. The van der Waals surface area contributed by atoms with Crippen LogP contribution in [0.1, 0.15) is 11.1 Å². The number of thiazole rings is 1. The van der Waals surface area contributed by atoms with E-state index >= 15 is 0 Å². The van der Waals surface area contributed by atoms with Crippen molar-refractivity contribution in [1.82, 2.24) is 4.98 Å². The maximum absolute atomic E-state index is 5.38. The van der Waals surface area contributed by atoms with Gasteiger partial charge in [-0.05, 0) is 30.7 Å². The van der Waals surface area contributed by atoms with Crippen LogP contribution < -0.4 is 16.6 Å². The maximum Gasteiger partial charge on any atom is 0.198 e. The van der Waals surface area contributed by atoms with Crippen LogP contribution in [-0.4, -0.2) is 4.98 Å². The highest BCUT2D eigenvalue weighted by molar-refractivity contribution is 7.22. The van der Waals surface area contributed by atoms with Crippen LogP contribution in [-0.2, 0) is 6.54 Å². The number of rotatable bonds is 4. The highest BCUT2D eigenvalue weighted by Gasteiger charge is 2.03. The zero-order chi connectivity index (χ0) is 13.9. The SMILES string of the molecule is Cc1cccc(CNc2ccc3nc(NN)sc3c2)c1. The number of nitrogens with one attached hydrogen (secondary N) is 2. The molecule has 0 amide bonds. The second-order valence-electron chi connectivity index (χ2n) is 4.69. The first kappa shape index (κ1) is 12.9. The number of benzene rings is 2. The lowest BCUT2D eigenvalue weighted by Gasteiger charge is -2.07. The van der Waals surface area contributed by atoms with Gasteiger partial charge in [-0.15, -0.1) is 0 Å². The molecule has 102 valence electrons. The van der Waals surface area contributed by atoms with Crippen LogP contribution in [0, 0.1) is 6.92 Å². The molecule has 0 spiro atoms. The molecule has 0 aliphatic rings. The van der Waals surface area contributed by atoms with Gasteiger partial charge in [0.25, 0.3) is 0 Å². The Labute approximate surface area is 121 Å². The molecule has 5 heteroatoms. The van der Waals surface area contributed by atoms with Crippen molar-refractivity contribution in [2.24, 2.45) is 5.84 Å². The molecule has 0 aliphatic heterocycles. The van der Waals surface area contributed by atoms with Crippen molar-refractivity contribution in [2.45, 2.75) is 13.5 Å². The summed E-state index contributed by atoms with van der Waals surface area (Å²) in [6, 6.07) is 14.6. The Balaban J connectivity index is 1.77. The van der Waals surface area contributed by atoms with E-state index in [0.717, 1.165) is 27.6 Å². The number of aromatic nitrogens is 1. The average Bonchev–Trinajstić information content (AvgIpc) is 2.87. The van der Waals surface area contributed by atoms with Crippen molar-refractivity contribution in [1.29, 1.82) is 0 Å². The smallest absolute Gasteiger partial charge is 0.198 e. The van der Waals surface area contributed by atoms with E-state index in [-0.39, 0.29) is 0 Å². The van der Waals surface area contributed by atoms with Crippen molar-refractivity contribution in [3.63, 3.8) is 0 Å². The minimum absolute atomic E-state index is 0.732. The van der Waals surface area contributed by atoms with Gasteiger partial charge < -0.3 is 5.32 Å². The van der Waals surface area contributed by atoms with Gasteiger partial charge in [-0.2, -0.15) is 0 Å². The largest absolute Gasteiger partial charge is 0.381 e. The monoisotopic (exact) mass is 284 g/mol. The zero-order valence-corrected chi connectivity index (χ0v) is 12.0. The Morgan fingerprint density at radius 1 is 1.20 bits per heavy atom. The van der Waals surface area contributed by atoms with Crippen LogP contribution in [0.4, 0.5) is 10.8 Å². The normalized spacial score (nSPS) is 10.7. The fourth-order valence-corrected chi connectivity index (χ4v) is 2.94. The molecule has 0 aliphatic carbocycles. The summed E-state index contributed by atoms with van der Waals surface area (Å²) in [7, 11) is 0. The summed E-state index contributed by atoms with van der Waals surface area (Å²) in [5.41, 5.74) is 7.19. The molecule has 0 atom stereocenters. The Bertz CT molecular complexity index is 736. The van der Waals surface area contributed by atoms with E-state index in [1.807, 2.05) is 12.1 Å². The molecule has 0 unspecified atom stereocenters. The van der Waals surface area contributed by atoms with Crippen LogP contribution >= 0.6 is 11.3 Å². The van der Waals surface area contributed by atoms with Crippen molar-refractivity contribution in [2.75, 3.05) is 10.7 Å². The summed E-state index contributed by atoms with van der Waals surface area (Å²) >= 11 is 1.55. The summed E-state index contributed by atoms with van der Waals surface area (Å²) in [6.07, 6.45) is 0. The van der Waals surface area contributed by atoms with Gasteiger partial charge in [-0.3, -0.25) is 5.43 Å². The standard InChI is InChI=1S/C15H16N4S/c1-10-3-2-4-11(7-10)9-17-12-5-6-13-14(8-12)20-15(18-13)19-16/h2-8,17H,9,16H2,1H3,(H,18,19). The molecule has 3 aromatic rings. The second-order valence-corrected chi connectivity index (χ2v) is 5.72. The Hall–Kier alpha value is -2.11. The second kappa shape index (κ2) is 5.48. The van der Waals surface area contributed by atoms with Gasteiger partial charge >= 0.3 is 0 Å². The minimum atomic E-state index is 0.732. The number of fused-ring (bicyclic) bond motifs is 1. The molecule has 2 aromatic carbocycles. The molecule has 0 radical (unpaired) electrons. The molecule has 1 heterocycles. The van der Waals surface area contributed by atoms with E-state index in [1.165, 1.54) is 11.1 Å². The van der Waals surface area contributed by atoms with Gasteiger partial charge in [-0.25, -0.2) is 10.8 Å². The topological polar surface area (TPSA) is 63.0 Å². The van der Waals surface area contributed by atoms with E-state index in [1.54, 1.807) is 11.3 Å². The number of aryl methyl sites for hydroxylation is 1. The predicted octanol–water partition coefficient (Wildman–Crippen LogP) is 3.50. The minimum Gasteiger partial charge on any atom is -0.381 e. The molecule has 3 rings (SSSR count). The lowest BCUT2D eigenvalue weighted by atomic mass is 10.1. The number of hydrogen-bond acceptors (Lipinski definition) is 5. The fourth-order valence-electron chi connectivity index (χ4n) is 2.12. The molecule has 0 saturated heterocycles. The van der Waals surface area contributed by atoms with Gasteiger partial charge in [0.2, 0.25) is 0 Å². The number of nitrogens with two attached hydrogens (primary N) is 1. The summed E-state index contributed by atoms with van der Waals surface area (Å²) in [4.78, 5) is 4.36. The molecule has 1 aromatic heterocycles. The number of hydrazine groups is 1. The molecule has 4 N–H and O–H groups in total. The molecular weight excluding hydrogens is 268 g/mol. The quantitative estimate of drug-likeness (QED) is 0.507. The molecule has 20 heavy (non-hydrogen) atoms. The molecule has 0 bridgehead atoms. The number of nitrogens with zero attached hydrogens (tertiary/aromatic N) is 1.